The molecule has 0 unspecified atom stereocenters. The molecule has 0 spiro atoms. The van der Waals surface area contributed by atoms with Crippen molar-refractivity contribution in [3.05, 3.63) is 66.7 Å². The Morgan fingerprint density at radius 3 is 2.46 bits per heavy atom. The van der Waals surface area contributed by atoms with Crippen molar-refractivity contribution < 1.29 is 4.79 Å². The number of rotatable bonds is 4. The van der Waals surface area contributed by atoms with Gasteiger partial charge in [0.2, 0.25) is 5.91 Å². The molecule has 0 radical (unpaired) electrons. The maximum absolute atomic E-state index is 12.5. The second-order valence-electron chi connectivity index (χ2n) is 6.22. The first kappa shape index (κ1) is 16.3. The Bertz CT molecular complexity index is 857. The van der Waals surface area contributed by atoms with Crippen molar-refractivity contribution in [2.45, 2.75) is 6.42 Å². The molecule has 132 valence electrons. The fourth-order valence-electron chi connectivity index (χ4n) is 3.11. The molecule has 0 N–H and O–H groups in total. The number of amides is 1. The molecule has 0 bridgehead atoms. The number of hydrogen-bond donors (Lipinski definition) is 0. The minimum absolute atomic E-state index is 0.177. The third-order valence-electron chi connectivity index (χ3n) is 4.53. The Morgan fingerprint density at radius 1 is 0.962 bits per heavy atom. The predicted molar refractivity (Wildman–Crippen MR) is 98.1 cm³/mol. The summed E-state index contributed by atoms with van der Waals surface area (Å²) in [6.07, 6.45) is 5.59. The van der Waals surface area contributed by atoms with Crippen LogP contribution in [0.4, 0.5) is 5.82 Å². The second-order valence-corrected chi connectivity index (χ2v) is 6.22. The largest absolute Gasteiger partial charge is 0.353 e. The van der Waals surface area contributed by atoms with Crippen LogP contribution in [0.1, 0.15) is 5.56 Å². The van der Waals surface area contributed by atoms with Crippen molar-refractivity contribution in [3.63, 3.8) is 0 Å². The van der Waals surface area contributed by atoms with Gasteiger partial charge in [-0.3, -0.25) is 4.79 Å². The van der Waals surface area contributed by atoms with Gasteiger partial charge in [0.05, 0.1) is 6.42 Å². The summed E-state index contributed by atoms with van der Waals surface area (Å²) in [7, 11) is 0. The highest BCUT2D eigenvalue weighted by Gasteiger charge is 2.22. The van der Waals surface area contributed by atoms with Crippen molar-refractivity contribution in [2.24, 2.45) is 0 Å². The first-order chi connectivity index (χ1) is 12.8. The van der Waals surface area contributed by atoms with Crippen LogP contribution in [0.15, 0.2) is 61.2 Å². The Kier molecular flexibility index (Phi) is 4.59. The van der Waals surface area contributed by atoms with Gasteiger partial charge in [-0.1, -0.05) is 30.3 Å². The third-order valence-corrected chi connectivity index (χ3v) is 4.53. The zero-order valence-electron chi connectivity index (χ0n) is 14.4. The summed E-state index contributed by atoms with van der Waals surface area (Å²) in [5, 5.41) is 4.20. The summed E-state index contributed by atoms with van der Waals surface area (Å²) in [6.45, 7) is 2.92. The predicted octanol–water partition coefficient (Wildman–Crippen LogP) is 1.55. The summed E-state index contributed by atoms with van der Waals surface area (Å²) < 4.78 is 1.71. The molecular formula is C19H20N6O. The topological polar surface area (TPSA) is 67.2 Å². The number of anilines is 1. The molecule has 0 aliphatic carbocycles. The molecule has 1 saturated heterocycles. The number of carbonyl (C=O) groups is 1. The number of benzene rings is 1. The van der Waals surface area contributed by atoms with Gasteiger partial charge in [-0.25, -0.2) is 14.6 Å². The lowest BCUT2D eigenvalue weighted by Crippen LogP contribution is -2.49. The quantitative estimate of drug-likeness (QED) is 0.716. The first-order valence-corrected chi connectivity index (χ1v) is 8.68. The second kappa shape index (κ2) is 7.35. The first-order valence-electron chi connectivity index (χ1n) is 8.68. The van der Waals surface area contributed by atoms with Crippen LogP contribution in [0.3, 0.4) is 0 Å². The van der Waals surface area contributed by atoms with Gasteiger partial charge < -0.3 is 9.80 Å². The third kappa shape index (κ3) is 3.56. The van der Waals surface area contributed by atoms with Crippen LogP contribution in [0.25, 0.3) is 5.82 Å². The van der Waals surface area contributed by atoms with Crippen molar-refractivity contribution in [3.8, 4) is 5.82 Å². The van der Waals surface area contributed by atoms with Gasteiger partial charge in [0, 0.05) is 44.6 Å². The van der Waals surface area contributed by atoms with Crippen molar-refractivity contribution in [1.82, 2.24) is 24.6 Å². The Balaban J connectivity index is 1.38. The van der Waals surface area contributed by atoms with Crippen LogP contribution in [-0.2, 0) is 11.2 Å². The van der Waals surface area contributed by atoms with E-state index >= 15 is 0 Å². The maximum atomic E-state index is 12.5. The van der Waals surface area contributed by atoms with Crippen LogP contribution >= 0.6 is 0 Å². The van der Waals surface area contributed by atoms with E-state index in [1.807, 2.05) is 53.6 Å². The van der Waals surface area contributed by atoms with E-state index in [9.17, 15) is 4.79 Å². The highest BCUT2D eigenvalue weighted by atomic mass is 16.2. The van der Waals surface area contributed by atoms with Crippen LogP contribution in [-0.4, -0.2) is 56.7 Å². The molecule has 1 aliphatic heterocycles. The summed E-state index contributed by atoms with van der Waals surface area (Å²) in [5.41, 5.74) is 1.06. The molecule has 7 heteroatoms. The molecule has 1 fully saturated rings. The van der Waals surface area contributed by atoms with Gasteiger partial charge in [-0.2, -0.15) is 5.10 Å². The monoisotopic (exact) mass is 348 g/mol. The molecule has 26 heavy (non-hydrogen) atoms. The van der Waals surface area contributed by atoms with Gasteiger partial charge in [0.1, 0.15) is 12.1 Å². The highest BCUT2D eigenvalue weighted by Crippen LogP contribution is 2.16. The number of aromatic nitrogens is 4. The van der Waals surface area contributed by atoms with Crippen molar-refractivity contribution in [1.29, 1.82) is 0 Å². The smallest absolute Gasteiger partial charge is 0.227 e. The van der Waals surface area contributed by atoms with Gasteiger partial charge >= 0.3 is 0 Å². The van der Waals surface area contributed by atoms with Gasteiger partial charge in [-0.15, -0.1) is 0 Å². The fourth-order valence-corrected chi connectivity index (χ4v) is 3.11. The van der Waals surface area contributed by atoms with E-state index < -0.39 is 0 Å². The summed E-state index contributed by atoms with van der Waals surface area (Å²) in [4.78, 5) is 25.2. The van der Waals surface area contributed by atoms with E-state index in [-0.39, 0.29) is 5.91 Å². The molecule has 2 aromatic heterocycles. The summed E-state index contributed by atoms with van der Waals surface area (Å²) in [6, 6.07) is 13.7. The molecule has 0 atom stereocenters. The van der Waals surface area contributed by atoms with Crippen LogP contribution < -0.4 is 4.90 Å². The fraction of sp³-hybridized carbons (Fsp3) is 0.263. The van der Waals surface area contributed by atoms with Crippen LogP contribution in [0.2, 0.25) is 0 Å². The summed E-state index contributed by atoms with van der Waals surface area (Å²) >= 11 is 0. The Labute approximate surface area is 151 Å². The van der Waals surface area contributed by atoms with E-state index in [1.54, 1.807) is 17.2 Å². The van der Waals surface area contributed by atoms with E-state index in [0.717, 1.165) is 30.3 Å². The van der Waals surface area contributed by atoms with Gasteiger partial charge in [-0.05, 0) is 11.6 Å². The van der Waals surface area contributed by atoms with Crippen molar-refractivity contribution in [2.75, 3.05) is 31.1 Å². The average molecular weight is 348 g/mol. The highest BCUT2D eigenvalue weighted by molar-refractivity contribution is 5.79. The molecule has 3 aromatic rings. The van der Waals surface area contributed by atoms with E-state index in [4.69, 9.17) is 0 Å². The van der Waals surface area contributed by atoms with E-state index in [0.29, 0.717) is 19.5 Å². The molecule has 7 nitrogen and oxygen atoms in total. The minimum Gasteiger partial charge on any atom is -0.353 e. The van der Waals surface area contributed by atoms with Crippen LogP contribution in [0.5, 0.6) is 0 Å². The van der Waals surface area contributed by atoms with Crippen molar-refractivity contribution >= 4 is 11.7 Å². The lowest BCUT2D eigenvalue weighted by Gasteiger charge is -2.35. The normalized spacial score (nSPS) is 14.5. The molecule has 4 rings (SSSR count). The molecular weight excluding hydrogens is 328 g/mol. The lowest BCUT2D eigenvalue weighted by atomic mass is 10.1. The molecule has 1 aliphatic rings. The molecule has 1 aromatic carbocycles. The lowest BCUT2D eigenvalue weighted by molar-refractivity contribution is -0.130. The Morgan fingerprint density at radius 2 is 1.73 bits per heavy atom. The molecule has 3 heterocycles. The zero-order chi connectivity index (χ0) is 17.8. The SMILES string of the molecule is O=C(Cc1ccccc1)N1CCN(c2cc(-n3cccn3)ncn2)CC1. The van der Waals surface area contributed by atoms with Gasteiger partial charge in [0.25, 0.3) is 0 Å². The number of hydrogen-bond acceptors (Lipinski definition) is 5. The zero-order valence-corrected chi connectivity index (χ0v) is 14.4. The number of carbonyl (C=O) groups excluding carboxylic acids is 1. The van der Waals surface area contributed by atoms with E-state index in [2.05, 4.69) is 20.0 Å². The van der Waals surface area contributed by atoms with Gasteiger partial charge in [0.15, 0.2) is 5.82 Å². The maximum Gasteiger partial charge on any atom is 0.227 e. The number of piperazine rings is 1. The molecule has 1 amide bonds. The summed E-state index contributed by atoms with van der Waals surface area (Å²) in [5.74, 6) is 1.78. The number of nitrogens with zero attached hydrogens (tertiary/aromatic N) is 6. The van der Waals surface area contributed by atoms with E-state index in [1.165, 1.54) is 0 Å². The minimum atomic E-state index is 0.177. The standard InChI is InChI=1S/C19H20N6O/c26-19(13-16-5-2-1-3-6-16)24-11-9-23(10-12-24)17-14-18(21-15-20-17)25-8-4-7-22-25/h1-8,14-15H,9-13H2. The molecule has 0 saturated carbocycles. The Hall–Kier alpha value is -3.22. The average Bonchev–Trinajstić information content (AvgIpc) is 3.24. The van der Waals surface area contributed by atoms with Crippen LogP contribution in [0, 0.1) is 0 Å².